The van der Waals surface area contributed by atoms with Crippen molar-refractivity contribution in [2.45, 2.75) is 24.0 Å². The predicted octanol–water partition coefficient (Wildman–Crippen LogP) is 2.34. The third kappa shape index (κ3) is 5.52. The van der Waals surface area contributed by atoms with Gasteiger partial charge in [0.2, 0.25) is 0 Å². The van der Waals surface area contributed by atoms with E-state index in [9.17, 15) is 18.0 Å². The molecule has 7 heteroatoms. The molecule has 1 aromatic rings. The molecular weight excluding hydrogens is 281 g/mol. The minimum absolute atomic E-state index is 0.116. The van der Waals surface area contributed by atoms with E-state index < -0.39 is 29.3 Å². The second kappa shape index (κ2) is 6.81. The molecule has 0 aromatic heterocycles. The van der Waals surface area contributed by atoms with Gasteiger partial charge in [-0.2, -0.15) is 13.2 Å². The number of carbonyl (C=O) groups is 1. The number of aliphatic carboxylic acids is 1. The molecule has 0 aliphatic carbocycles. The minimum atomic E-state index is -4.72. The molecule has 0 spiro atoms. The van der Waals surface area contributed by atoms with Crippen molar-refractivity contribution in [3.8, 4) is 0 Å². The Morgan fingerprint density at radius 3 is 2.32 bits per heavy atom. The Hall–Kier alpha value is -1.21. The maximum atomic E-state index is 12.1. The Balaban J connectivity index is 2.57. The lowest BCUT2D eigenvalue weighted by molar-refractivity contribution is -0.195. The van der Waals surface area contributed by atoms with Crippen LogP contribution in [0.4, 0.5) is 13.2 Å². The summed E-state index contributed by atoms with van der Waals surface area (Å²) in [4.78, 5) is 11.0. The van der Waals surface area contributed by atoms with Crippen LogP contribution in [-0.2, 0) is 11.2 Å². The Bertz CT molecular complexity index is 408. The topological polar surface area (TPSA) is 57.5 Å². The van der Waals surface area contributed by atoms with Crippen LogP contribution in [0.15, 0.2) is 30.3 Å². The monoisotopic (exact) mass is 294 g/mol. The fourth-order valence-corrected chi connectivity index (χ4v) is 2.40. The summed E-state index contributed by atoms with van der Waals surface area (Å²) in [5, 5.41) is 16.8. The van der Waals surface area contributed by atoms with Crippen molar-refractivity contribution in [3.63, 3.8) is 0 Å². The van der Waals surface area contributed by atoms with Crippen molar-refractivity contribution in [3.05, 3.63) is 35.9 Å². The van der Waals surface area contributed by atoms with E-state index in [2.05, 4.69) is 0 Å². The van der Waals surface area contributed by atoms with Crippen molar-refractivity contribution >= 4 is 17.7 Å². The smallest absolute Gasteiger partial charge is 0.415 e. The number of hydrogen-bond acceptors (Lipinski definition) is 3. The van der Waals surface area contributed by atoms with E-state index in [1.807, 2.05) is 0 Å². The fraction of sp³-hybridized carbons (Fsp3) is 0.417. The van der Waals surface area contributed by atoms with Crippen molar-refractivity contribution in [1.29, 1.82) is 0 Å². The maximum Gasteiger partial charge on any atom is 0.415 e. The normalized spacial score (nSPS) is 14.9. The van der Waals surface area contributed by atoms with E-state index in [1.54, 1.807) is 30.3 Å². The van der Waals surface area contributed by atoms with Crippen LogP contribution in [0.1, 0.15) is 5.56 Å². The highest BCUT2D eigenvalue weighted by molar-refractivity contribution is 8.00. The SMILES string of the molecule is O=C(O)C(Cc1ccccc1)SCC(O)C(F)(F)F. The van der Waals surface area contributed by atoms with Crippen LogP contribution in [-0.4, -0.2) is 39.5 Å². The highest BCUT2D eigenvalue weighted by atomic mass is 32.2. The molecule has 2 unspecified atom stereocenters. The second-order valence-corrected chi connectivity index (χ2v) is 5.14. The Labute approximate surface area is 112 Å². The summed E-state index contributed by atoms with van der Waals surface area (Å²) in [6, 6.07) is 8.63. The molecule has 0 aliphatic rings. The van der Waals surface area contributed by atoms with Gasteiger partial charge in [0.1, 0.15) is 5.25 Å². The van der Waals surface area contributed by atoms with E-state index in [0.29, 0.717) is 11.8 Å². The van der Waals surface area contributed by atoms with E-state index in [0.717, 1.165) is 5.56 Å². The minimum Gasteiger partial charge on any atom is -0.480 e. The van der Waals surface area contributed by atoms with Crippen LogP contribution in [0.3, 0.4) is 0 Å². The zero-order valence-corrected chi connectivity index (χ0v) is 10.6. The highest BCUT2D eigenvalue weighted by Gasteiger charge is 2.38. The van der Waals surface area contributed by atoms with Crippen LogP contribution in [0.5, 0.6) is 0 Å². The largest absolute Gasteiger partial charge is 0.480 e. The van der Waals surface area contributed by atoms with Crippen molar-refractivity contribution < 1.29 is 28.2 Å². The van der Waals surface area contributed by atoms with Gasteiger partial charge in [0.15, 0.2) is 6.10 Å². The first-order chi connectivity index (χ1) is 8.80. The molecule has 2 N–H and O–H groups in total. The molecule has 0 saturated carbocycles. The Morgan fingerprint density at radius 2 is 1.84 bits per heavy atom. The van der Waals surface area contributed by atoms with Crippen molar-refractivity contribution in [2.75, 3.05) is 5.75 Å². The lowest BCUT2D eigenvalue weighted by atomic mass is 10.1. The molecule has 0 saturated heterocycles. The zero-order valence-electron chi connectivity index (χ0n) is 9.80. The summed E-state index contributed by atoms with van der Waals surface area (Å²) in [5.41, 5.74) is 0.726. The molecule has 0 fully saturated rings. The number of alkyl halides is 3. The van der Waals surface area contributed by atoms with Gasteiger partial charge in [-0.1, -0.05) is 30.3 Å². The average Bonchev–Trinajstić information content (AvgIpc) is 2.33. The van der Waals surface area contributed by atoms with E-state index >= 15 is 0 Å². The third-order valence-electron chi connectivity index (χ3n) is 2.37. The van der Waals surface area contributed by atoms with Crippen molar-refractivity contribution in [2.24, 2.45) is 0 Å². The molecule has 106 valence electrons. The van der Waals surface area contributed by atoms with Crippen LogP contribution < -0.4 is 0 Å². The molecule has 0 radical (unpaired) electrons. The van der Waals surface area contributed by atoms with Gasteiger partial charge >= 0.3 is 12.1 Å². The summed E-state index contributed by atoms with van der Waals surface area (Å²) in [7, 11) is 0. The summed E-state index contributed by atoms with van der Waals surface area (Å²) in [6.45, 7) is 0. The second-order valence-electron chi connectivity index (χ2n) is 3.91. The Morgan fingerprint density at radius 1 is 1.26 bits per heavy atom. The zero-order chi connectivity index (χ0) is 14.5. The third-order valence-corrected chi connectivity index (χ3v) is 3.65. The number of hydrogen-bond donors (Lipinski definition) is 2. The molecular formula is C12H13F3O3S. The first-order valence-corrected chi connectivity index (χ1v) is 6.48. The van der Waals surface area contributed by atoms with Gasteiger partial charge in [0, 0.05) is 5.75 Å². The number of carboxylic acid groups (broad SMARTS) is 1. The number of thioether (sulfide) groups is 1. The van der Waals surface area contributed by atoms with E-state index in [1.165, 1.54) is 0 Å². The van der Waals surface area contributed by atoms with Gasteiger partial charge in [0.05, 0.1) is 0 Å². The highest BCUT2D eigenvalue weighted by Crippen LogP contribution is 2.26. The summed E-state index contributed by atoms with van der Waals surface area (Å²) in [5.74, 6) is -1.88. The van der Waals surface area contributed by atoms with E-state index in [4.69, 9.17) is 10.2 Å². The predicted molar refractivity (Wildman–Crippen MR) is 66.1 cm³/mol. The summed E-state index contributed by atoms with van der Waals surface area (Å²) < 4.78 is 36.4. The van der Waals surface area contributed by atoms with Crippen LogP contribution >= 0.6 is 11.8 Å². The number of rotatable bonds is 6. The van der Waals surface area contributed by atoms with Gasteiger partial charge in [-0.15, -0.1) is 11.8 Å². The first-order valence-electron chi connectivity index (χ1n) is 5.44. The number of halogens is 3. The van der Waals surface area contributed by atoms with Gasteiger partial charge in [-0.3, -0.25) is 4.79 Å². The van der Waals surface area contributed by atoms with Gasteiger partial charge in [-0.05, 0) is 12.0 Å². The molecule has 0 heterocycles. The number of benzene rings is 1. The van der Waals surface area contributed by atoms with Crippen LogP contribution in [0.25, 0.3) is 0 Å². The van der Waals surface area contributed by atoms with Crippen LogP contribution in [0.2, 0.25) is 0 Å². The average molecular weight is 294 g/mol. The summed E-state index contributed by atoms with van der Waals surface area (Å²) >= 11 is 0.590. The Kier molecular flexibility index (Phi) is 5.68. The number of carboxylic acids is 1. The molecule has 2 atom stereocenters. The molecule has 1 rings (SSSR count). The molecule has 19 heavy (non-hydrogen) atoms. The number of aliphatic hydroxyl groups excluding tert-OH is 1. The summed E-state index contributed by atoms with van der Waals surface area (Å²) in [6.07, 6.45) is -7.11. The molecule has 0 bridgehead atoms. The van der Waals surface area contributed by atoms with Crippen molar-refractivity contribution in [1.82, 2.24) is 0 Å². The lowest BCUT2D eigenvalue weighted by Crippen LogP contribution is -2.32. The number of aliphatic hydroxyl groups is 1. The maximum absolute atomic E-state index is 12.1. The van der Waals surface area contributed by atoms with Gasteiger partial charge in [-0.25, -0.2) is 0 Å². The molecule has 1 aromatic carbocycles. The van der Waals surface area contributed by atoms with Gasteiger partial charge in [0.25, 0.3) is 0 Å². The van der Waals surface area contributed by atoms with Crippen LogP contribution in [0, 0.1) is 0 Å². The van der Waals surface area contributed by atoms with Gasteiger partial charge < -0.3 is 10.2 Å². The molecule has 0 amide bonds. The molecule has 0 aliphatic heterocycles. The quantitative estimate of drug-likeness (QED) is 0.845. The first kappa shape index (κ1) is 15.8. The van der Waals surface area contributed by atoms with E-state index in [-0.39, 0.29) is 6.42 Å². The standard InChI is InChI=1S/C12H13F3O3S/c13-12(14,15)10(16)7-19-9(11(17)18)6-8-4-2-1-3-5-8/h1-5,9-10,16H,6-7H2,(H,17,18). The lowest BCUT2D eigenvalue weighted by Gasteiger charge is -2.17. The fourth-order valence-electron chi connectivity index (χ4n) is 1.35. The molecule has 3 nitrogen and oxygen atoms in total.